The Hall–Kier alpha value is -4.62. The lowest BCUT2D eigenvalue weighted by Gasteiger charge is -2.28. The summed E-state index contributed by atoms with van der Waals surface area (Å²) in [7, 11) is 1.68. The highest BCUT2D eigenvalue weighted by Crippen LogP contribution is 2.28. The van der Waals surface area contributed by atoms with Crippen molar-refractivity contribution in [2.75, 3.05) is 32.2 Å². The van der Waals surface area contributed by atoms with E-state index >= 15 is 0 Å². The zero-order valence-corrected chi connectivity index (χ0v) is 24.1. The zero-order chi connectivity index (χ0) is 30.2. The molecule has 1 unspecified atom stereocenters. The Balaban J connectivity index is 1.30. The number of amides is 4. The fourth-order valence-corrected chi connectivity index (χ4v) is 5.35. The third kappa shape index (κ3) is 7.81. The standard InChI is InChI=1S/C30H37N9O4/c1-39-16-24(17-43-18-32-30(39)42)21-6-2-19(3-7-21)14-26(34-28(40)23-8-4-20(15-31)5-9-23)29(41)33-25-12-10-22(11-13-25)27-35-37-38-36-27/h2-3,6-7,10-13,16,20,23,26H,4-5,8-9,14-15,17-18,31H2,1H3,(H,32,42)(H,33,41)(H,34,40)(H,35,36,37,38). The Bertz CT molecular complexity index is 1420. The number of rotatable bonds is 9. The summed E-state index contributed by atoms with van der Waals surface area (Å²) in [5, 5.41) is 22.6. The highest BCUT2D eigenvalue weighted by molar-refractivity contribution is 5.97. The number of nitrogens with one attached hydrogen (secondary N) is 4. The second-order valence-electron chi connectivity index (χ2n) is 11.0. The molecule has 13 nitrogen and oxygen atoms in total. The van der Waals surface area contributed by atoms with Crippen LogP contribution in [-0.2, 0) is 20.7 Å². The normalized spacial score (nSPS) is 19.8. The van der Waals surface area contributed by atoms with Crippen molar-refractivity contribution in [2.45, 2.75) is 38.1 Å². The van der Waals surface area contributed by atoms with Crippen molar-refractivity contribution in [3.63, 3.8) is 0 Å². The number of anilines is 1. The molecule has 226 valence electrons. The van der Waals surface area contributed by atoms with Gasteiger partial charge in [0.1, 0.15) is 12.8 Å². The maximum Gasteiger partial charge on any atom is 0.322 e. The molecule has 13 heteroatoms. The van der Waals surface area contributed by atoms with E-state index in [9.17, 15) is 14.4 Å². The second-order valence-corrected chi connectivity index (χ2v) is 11.0. The van der Waals surface area contributed by atoms with Gasteiger partial charge in [-0.15, -0.1) is 10.2 Å². The van der Waals surface area contributed by atoms with Crippen LogP contribution in [0.5, 0.6) is 0 Å². The summed E-state index contributed by atoms with van der Waals surface area (Å²) in [6, 6.07) is 13.8. The number of hydrogen-bond donors (Lipinski definition) is 5. The monoisotopic (exact) mass is 587 g/mol. The van der Waals surface area contributed by atoms with Crippen LogP contribution in [-0.4, -0.2) is 76.3 Å². The predicted octanol–water partition coefficient (Wildman–Crippen LogP) is 2.27. The van der Waals surface area contributed by atoms with Gasteiger partial charge >= 0.3 is 6.03 Å². The van der Waals surface area contributed by atoms with Crippen LogP contribution in [0.3, 0.4) is 0 Å². The van der Waals surface area contributed by atoms with Crippen LogP contribution < -0.4 is 21.7 Å². The largest absolute Gasteiger partial charge is 0.356 e. The maximum absolute atomic E-state index is 13.5. The smallest absolute Gasteiger partial charge is 0.322 e. The number of benzene rings is 2. The Morgan fingerprint density at radius 1 is 1.07 bits per heavy atom. The molecular weight excluding hydrogens is 550 g/mol. The molecule has 0 bridgehead atoms. The summed E-state index contributed by atoms with van der Waals surface area (Å²) in [5.74, 6) is 0.328. The van der Waals surface area contributed by atoms with Crippen LogP contribution in [0.4, 0.5) is 10.5 Å². The van der Waals surface area contributed by atoms with Crippen molar-refractivity contribution >= 4 is 29.1 Å². The number of urea groups is 1. The number of nitrogens with two attached hydrogens (primary N) is 1. The minimum absolute atomic E-state index is 0.113. The highest BCUT2D eigenvalue weighted by atomic mass is 16.5. The van der Waals surface area contributed by atoms with E-state index in [-0.39, 0.29) is 30.5 Å². The van der Waals surface area contributed by atoms with Crippen molar-refractivity contribution in [1.82, 2.24) is 36.2 Å². The van der Waals surface area contributed by atoms with Crippen molar-refractivity contribution in [2.24, 2.45) is 17.6 Å². The van der Waals surface area contributed by atoms with Gasteiger partial charge in [0.2, 0.25) is 17.6 Å². The number of carbonyl (C=O) groups is 3. The molecular formula is C30H37N9O4. The molecule has 0 radical (unpaired) electrons. The van der Waals surface area contributed by atoms with Gasteiger partial charge in [0.05, 0.1) is 6.61 Å². The molecule has 1 saturated carbocycles. The first-order valence-electron chi connectivity index (χ1n) is 14.4. The van der Waals surface area contributed by atoms with E-state index in [4.69, 9.17) is 10.5 Å². The van der Waals surface area contributed by atoms with Gasteiger partial charge < -0.3 is 31.3 Å². The quantitative estimate of drug-likeness (QED) is 0.253. The van der Waals surface area contributed by atoms with Gasteiger partial charge in [-0.2, -0.15) is 5.21 Å². The molecule has 2 heterocycles. The Kier molecular flexibility index (Phi) is 9.74. The maximum atomic E-state index is 13.5. The number of hydrogen-bond acceptors (Lipinski definition) is 8. The summed E-state index contributed by atoms with van der Waals surface area (Å²) in [4.78, 5) is 40.4. The molecule has 5 rings (SSSR count). The molecule has 1 fully saturated rings. The fourth-order valence-electron chi connectivity index (χ4n) is 5.35. The molecule has 6 N–H and O–H groups in total. The second kappa shape index (κ2) is 14.0. The van der Waals surface area contributed by atoms with Gasteiger partial charge in [0.25, 0.3) is 0 Å². The van der Waals surface area contributed by atoms with Crippen LogP contribution in [0, 0.1) is 11.8 Å². The van der Waals surface area contributed by atoms with E-state index in [2.05, 4.69) is 36.6 Å². The lowest BCUT2D eigenvalue weighted by Crippen LogP contribution is -2.48. The van der Waals surface area contributed by atoms with Gasteiger partial charge in [-0.25, -0.2) is 4.79 Å². The minimum atomic E-state index is -0.791. The number of tetrazole rings is 1. The molecule has 1 aliphatic heterocycles. The van der Waals surface area contributed by atoms with Crippen LogP contribution in [0.1, 0.15) is 36.8 Å². The average Bonchev–Trinajstić information content (AvgIpc) is 3.57. The van der Waals surface area contributed by atoms with Crippen LogP contribution in [0.15, 0.2) is 54.7 Å². The number of H-pyrrole nitrogens is 1. The molecule has 0 spiro atoms. The van der Waals surface area contributed by atoms with E-state index in [0.717, 1.165) is 47.9 Å². The van der Waals surface area contributed by atoms with Crippen molar-refractivity contribution in [3.05, 3.63) is 65.9 Å². The number of nitrogens with zero attached hydrogens (tertiary/aromatic N) is 4. The van der Waals surface area contributed by atoms with E-state index in [1.807, 2.05) is 24.3 Å². The SMILES string of the molecule is CN1C=C(c2ccc(CC(NC(=O)C3CCC(CN)CC3)C(=O)Nc3ccc(-c4nn[nH]n4)cc3)cc2)COCNC1=O. The van der Waals surface area contributed by atoms with Crippen LogP contribution in [0.25, 0.3) is 17.0 Å². The van der Waals surface area contributed by atoms with E-state index in [1.165, 1.54) is 4.90 Å². The van der Waals surface area contributed by atoms with Gasteiger partial charge in [-0.1, -0.05) is 24.3 Å². The number of ether oxygens (including phenoxy) is 1. The first-order valence-corrected chi connectivity index (χ1v) is 14.4. The topological polar surface area (TPSA) is 180 Å². The predicted molar refractivity (Wildman–Crippen MR) is 160 cm³/mol. The molecule has 1 atom stereocenters. The number of carbonyl (C=O) groups excluding carboxylic acids is 3. The van der Waals surface area contributed by atoms with Gasteiger partial charge in [-0.05, 0) is 78.8 Å². The van der Waals surface area contributed by atoms with Gasteiger partial charge in [-0.3, -0.25) is 9.59 Å². The van der Waals surface area contributed by atoms with Crippen molar-refractivity contribution in [1.29, 1.82) is 0 Å². The van der Waals surface area contributed by atoms with Gasteiger partial charge in [0, 0.05) is 42.4 Å². The Labute approximate surface area is 249 Å². The third-order valence-corrected chi connectivity index (χ3v) is 7.96. The summed E-state index contributed by atoms with van der Waals surface area (Å²) in [5.41, 5.74) is 9.79. The molecule has 2 aliphatic rings. The average molecular weight is 588 g/mol. The molecule has 0 saturated heterocycles. The zero-order valence-electron chi connectivity index (χ0n) is 24.1. The molecule has 43 heavy (non-hydrogen) atoms. The van der Waals surface area contributed by atoms with Crippen LogP contribution >= 0.6 is 0 Å². The lowest BCUT2D eigenvalue weighted by atomic mass is 9.81. The number of aromatic amines is 1. The third-order valence-electron chi connectivity index (χ3n) is 7.96. The van der Waals surface area contributed by atoms with Crippen LogP contribution in [0.2, 0.25) is 0 Å². The first-order chi connectivity index (χ1) is 20.9. The van der Waals surface area contributed by atoms with E-state index in [0.29, 0.717) is 37.0 Å². The molecule has 1 aromatic heterocycles. The molecule has 3 aromatic rings. The molecule has 4 amide bonds. The highest BCUT2D eigenvalue weighted by Gasteiger charge is 2.29. The van der Waals surface area contributed by atoms with Gasteiger partial charge in [0.15, 0.2) is 0 Å². The minimum Gasteiger partial charge on any atom is -0.356 e. The Morgan fingerprint density at radius 2 is 1.79 bits per heavy atom. The summed E-state index contributed by atoms with van der Waals surface area (Å²) >= 11 is 0. The van der Waals surface area contributed by atoms with Crippen molar-refractivity contribution < 1.29 is 19.1 Å². The van der Waals surface area contributed by atoms with Crippen molar-refractivity contribution in [3.8, 4) is 11.4 Å². The summed E-state index contributed by atoms with van der Waals surface area (Å²) < 4.78 is 5.54. The number of aromatic nitrogens is 4. The molecule has 2 aromatic carbocycles. The summed E-state index contributed by atoms with van der Waals surface area (Å²) in [6.07, 6.45) is 5.39. The summed E-state index contributed by atoms with van der Waals surface area (Å²) in [6.45, 7) is 1.10. The fraction of sp³-hybridized carbons (Fsp3) is 0.400. The Morgan fingerprint density at radius 3 is 2.47 bits per heavy atom. The lowest BCUT2D eigenvalue weighted by molar-refractivity contribution is -0.130. The first kappa shape index (κ1) is 29.9. The van der Waals surface area contributed by atoms with E-state index < -0.39 is 6.04 Å². The van der Waals surface area contributed by atoms with E-state index in [1.54, 1.807) is 37.5 Å². The molecule has 1 aliphatic carbocycles.